The lowest BCUT2D eigenvalue weighted by molar-refractivity contribution is 0.170. The number of nitrogens with two attached hydrogens (primary N) is 1. The van der Waals surface area contributed by atoms with Crippen molar-refractivity contribution in [3.63, 3.8) is 0 Å². The molecular weight excluding hydrogens is 242 g/mol. The molecule has 0 aliphatic rings. The van der Waals surface area contributed by atoms with Gasteiger partial charge in [0.25, 0.3) is 0 Å². The van der Waals surface area contributed by atoms with Gasteiger partial charge in [-0.15, -0.1) is 0 Å². The van der Waals surface area contributed by atoms with E-state index in [1.807, 2.05) is 24.3 Å². The Labute approximate surface area is 112 Å². The number of rotatable bonds is 6. The first-order valence-corrected chi connectivity index (χ1v) is 6.25. The van der Waals surface area contributed by atoms with Crippen LogP contribution in [0.25, 0.3) is 10.9 Å². The Morgan fingerprint density at radius 3 is 3.00 bits per heavy atom. The van der Waals surface area contributed by atoms with Crippen molar-refractivity contribution in [2.45, 2.75) is 12.5 Å². The third-order valence-corrected chi connectivity index (χ3v) is 3.01. The van der Waals surface area contributed by atoms with Crippen LogP contribution in [0.5, 0.6) is 0 Å². The van der Waals surface area contributed by atoms with E-state index in [9.17, 15) is 0 Å². The fourth-order valence-electron chi connectivity index (χ4n) is 2.10. The standard InChI is InChI=1S/C14H19N3O2/c1-19-9-10(6-8-18)17-13-5-7-16-14-11(13)3-2-4-12(14)15/h2-5,7,10,18H,6,8-9,15H2,1H3,(H,16,17). The van der Waals surface area contributed by atoms with Crippen LogP contribution in [0.2, 0.25) is 0 Å². The molecule has 2 rings (SSSR count). The van der Waals surface area contributed by atoms with Crippen LogP contribution in [-0.4, -0.2) is 36.5 Å². The van der Waals surface area contributed by atoms with Crippen molar-refractivity contribution in [3.8, 4) is 0 Å². The van der Waals surface area contributed by atoms with Crippen LogP contribution in [0.1, 0.15) is 6.42 Å². The lowest BCUT2D eigenvalue weighted by Crippen LogP contribution is -2.26. The molecule has 102 valence electrons. The minimum Gasteiger partial charge on any atom is -0.397 e. The van der Waals surface area contributed by atoms with E-state index in [4.69, 9.17) is 15.6 Å². The minimum absolute atomic E-state index is 0.0574. The average Bonchev–Trinajstić information content (AvgIpc) is 2.40. The first-order valence-electron chi connectivity index (χ1n) is 6.25. The summed E-state index contributed by atoms with van der Waals surface area (Å²) in [6, 6.07) is 7.68. The van der Waals surface area contributed by atoms with Gasteiger partial charge in [-0.1, -0.05) is 12.1 Å². The Kier molecular flexibility index (Phi) is 4.54. The van der Waals surface area contributed by atoms with Gasteiger partial charge in [-0.2, -0.15) is 0 Å². The number of para-hydroxylation sites is 1. The van der Waals surface area contributed by atoms with Gasteiger partial charge in [0.1, 0.15) is 0 Å². The topological polar surface area (TPSA) is 80.4 Å². The number of methoxy groups -OCH3 is 1. The van der Waals surface area contributed by atoms with Gasteiger partial charge in [0.05, 0.1) is 23.9 Å². The summed E-state index contributed by atoms with van der Waals surface area (Å²) in [5.74, 6) is 0. The third kappa shape index (κ3) is 3.13. The van der Waals surface area contributed by atoms with Gasteiger partial charge in [0.15, 0.2) is 0 Å². The zero-order valence-electron chi connectivity index (χ0n) is 11.0. The average molecular weight is 261 g/mol. The second kappa shape index (κ2) is 6.36. The van der Waals surface area contributed by atoms with E-state index in [1.165, 1.54) is 0 Å². The number of aromatic nitrogens is 1. The molecule has 0 radical (unpaired) electrons. The van der Waals surface area contributed by atoms with Crippen LogP contribution in [0.4, 0.5) is 11.4 Å². The molecule has 0 amide bonds. The van der Waals surface area contributed by atoms with Crippen molar-refractivity contribution in [1.82, 2.24) is 4.98 Å². The van der Waals surface area contributed by atoms with Crippen molar-refractivity contribution in [1.29, 1.82) is 0 Å². The second-order valence-corrected chi connectivity index (χ2v) is 4.41. The molecule has 0 fully saturated rings. The van der Waals surface area contributed by atoms with Gasteiger partial charge in [-0.3, -0.25) is 4.98 Å². The maximum absolute atomic E-state index is 9.07. The van der Waals surface area contributed by atoms with Crippen LogP contribution in [-0.2, 0) is 4.74 Å². The lowest BCUT2D eigenvalue weighted by Gasteiger charge is -2.19. The van der Waals surface area contributed by atoms with Crippen LogP contribution >= 0.6 is 0 Å². The number of pyridine rings is 1. The molecule has 0 aliphatic carbocycles. The Balaban J connectivity index is 2.31. The number of hydrogen-bond acceptors (Lipinski definition) is 5. The number of nitrogens with one attached hydrogen (secondary N) is 1. The van der Waals surface area contributed by atoms with E-state index >= 15 is 0 Å². The largest absolute Gasteiger partial charge is 0.397 e. The number of aliphatic hydroxyl groups excluding tert-OH is 1. The second-order valence-electron chi connectivity index (χ2n) is 4.41. The van der Waals surface area contributed by atoms with Gasteiger partial charge >= 0.3 is 0 Å². The number of anilines is 2. The molecular formula is C14H19N3O2. The van der Waals surface area contributed by atoms with E-state index in [0.717, 1.165) is 16.6 Å². The Hall–Kier alpha value is -1.85. The molecule has 5 nitrogen and oxygen atoms in total. The zero-order chi connectivity index (χ0) is 13.7. The van der Waals surface area contributed by atoms with Crippen molar-refractivity contribution in [2.75, 3.05) is 31.4 Å². The van der Waals surface area contributed by atoms with Gasteiger partial charge in [0, 0.05) is 31.0 Å². The van der Waals surface area contributed by atoms with E-state index in [-0.39, 0.29) is 12.6 Å². The predicted molar refractivity (Wildman–Crippen MR) is 77.1 cm³/mol. The molecule has 0 bridgehead atoms. The summed E-state index contributed by atoms with van der Waals surface area (Å²) >= 11 is 0. The highest BCUT2D eigenvalue weighted by molar-refractivity contribution is 5.97. The van der Waals surface area contributed by atoms with Crippen molar-refractivity contribution >= 4 is 22.3 Å². The zero-order valence-corrected chi connectivity index (χ0v) is 11.0. The van der Waals surface area contributed by atoms with Crippen LogP contribution in [0, 0.1) is 0 Å². The van der Waals surface area contributed by atoms with Crippen molar-refractivity contribution in [2.24, 2.45) is 0 Å². The van der Waals surface area contributed by atoms with Gasteiger partial charge in [-0.05, 0) is 18.6 Å². The number of benzene rings is 1. The maximum Gasteiger partial charge on any atom is 0.0951 e. The number of nitrogen functional groups attached to an aromatic ring is 1. The lowest BCUT2D eigenvalue weighted by atomic mass is 10.1. The monoisotopic (exact) mass is 261 g/mol. The molecule has 1 heterocycles. The first-order chi connectivity index (χ1) is 9.26. The molecule has 0 saturated carbocycles. The molecule has 0 saturated heterocycles. The fourth-order valence-corrected chi connectivity index (χ4v) is 2.10. The number of ether oxygens (including phenoxy) is 1. The van der Waals surface area contributed by atoms with Gasteiger partial charge in [0.2, 0.25) is 0 Å². The molecule has 4 N–H and O–H groups in total. The highest BCUT2D eigenvalue weighted by atomic mass is 16.5. The Bertz CT molecular complexity index is 539. The molecule has 1 unspecified atom stereocenters. The van der Waals surface area contributed by atoms with E-state index in [0.29, 0.717) is 18.7 Å². The highest BCUT2D eigenvalue weighted by Gasteiger charge is 2.10. The summed E-state index contributed by atoms with van der Waals surface area (Å²) in [6.45, 7) is 0.652. The SMILES string of the molecule is COCC(CCO)Nc1ccnc2c(N)cccc12. The summed E-state index contributed by atoms with van der Waals surface area (Å²) < 4.78 is 5.15. The van der Waals surface area contributed by atoms with Crippen molar-refractivity contribution in [3.05, 3.63) is 30.5 Å². The van der Waals surface area contributed by atoms with E-state index in [2.05, 4.69) is 10.3 Å². The number of fused-ring (bicyclic) bond motifs is 1. The molecule has 0 aliphatic heterocycles. The third-order valence-electron chi connectivity index (χ3n) is 3.01. The highest BCUT2D eigenvalue weighted by Crippen LogP contribution is 2.26. The Morgan fingerprint density at radius 2 is 2.26 bits per heavy atom. The summed E-state index contributed by atoms with van der Waals surface area (Å²) in [6.07, 6.45) is 2.35. The van der Waals surface area contributed by atoms with Crippen LogP contribution in [0.15, 0.2) is 30.5 Å². The molecule has 19 heavy (non-hydrogen) atoms. The van der Waals surface area contributed by atoms with Crippen LogP contribution in [0.3, 0.4) is 0 Å². The van der Waals surface area contributed by atoms with Crippen molar-refractivity contribution < 1.29 is 9.84 Å². The smallest absolute Gasteiger partial charge is 0.0951 e. The molecule has 5 heteroatoms. The number of aliphatic hydroxyl groups is 1. The molecule has 1 atom stereocenters. The van der Waals surface area contributed by atoms with E-state index in [1.54, 1.807) is 13.3 Å². The van der Waals surface area contributed by atoms with Crippen LogP contribution < -0.4 is 11.1 Å². The number of nitrogens with zero attached hydrogens (tertiary/aromatic N) is 1. The minimum atomic E-state index is 0.0574. The quantitative estimate of drug-likeness (QED) is 0.689. The first kappa shape index (κ1) is 13.6. The predicted octanol–water partition coefficient (Wildman–Crippen LogP) is 1.63. The molecule has 1 aromatic carbocycles. The van der Waals surface area contributed by atoms with Gasteiger partial charge < -0.3 is 20.9 Å². The fraction of sp³-hybridized carbons (Fsp3) is 0.357. The molecule has 1 aromatic heterocycles. The summed E-state index contributed by atoms with van der Waals surface area (Å²) in [7, 11) is 1.65. The summed E-state index contributed by atoms with van der Waals surface area (Å²) in [4.78, 5) is 4.30. The normalized spacial score (nSPS) is 12.5. The Morgan fingerprint density at radius 1 is 1.42 bits per heavy atom. The summed E-state index contributed by atoms with van der Waals surface area (Å²) in [5, 5.41) is 13.4. The molecule has 2 aromatic rings. The van der Waals surface area contributed by atoms with Gasteiger partial charge in [-0.25, -0.2) is 0 Å². The van der Waals surface area contributed by atoms with E-state index < -0.39 is 0 Å². The number of hydrogen-bond donors (Lipinski definition) is 3. The summed E-state index contributed by atoms with van der Waals surface area (Å²) in [5.41, 5.74) is 8.31. The maximum atomic E-state index is 9.07. The molecule has 0 spiro atoms.